The van der Waals surface area contributed by atoms with Crippen molar-refractivity contribution in [3.05, 3.63) is 17.1 Å². The third-order valence-electron chi connectivity index (χ3n) is 4.54. The van der Waals surface area contributed by atoms with Crippen molar-refractivity contribution in [1.29, 1.82) is 0 Å². The fraction of sp³-hybridized carbons (Fsp3) is 0.500. The molecule has 24 heavy (non-hydrogen) atoms. The van der Waals surface area contributed by atoms with E-state index in [4.69, 9.17) is 0 Å². The zero-order valence-electron chi connectivity index (χ0n) is 14.3. The molecule has 0 bridgehead atoms. The highest BCUT2D eigenvalue weighted by Gasteiger charge is 2.19. The van der Waals surface area contributed by atoms with Crippen molar-refractivity contribution >= 4 is 45.7 Å². The van der Waals surface area contributed by atoms with Crippen LogP contribution in [0.4, 0.5) is 11.4 Å². The predicted octanol–water partition coefficient (Wildman–Crippen LogP) is 4.49. The van der Waals surface area contributed by atoms with E-state index in [0.29, 0.717) is 0 Å². The lowest BCUT2D eigenvalue weighted by molar-refractivity contribution is -0.116. The Morgan fingerprint density at radius 2 is 2.21 bits per heavy atom. The van der Waals surface area contributed by atoms with Gasteiger partial charge in [-0.25, -0.2) is 9.98 Å². The summed E-state index contributed by atoms with van der Waals surface area (Å²) in [5.41, 5.74) is 1.97. The Balaban J connectivity index is 1.93. The molecule has 1 N–H and O–H groups in total. The molecule has 1 fully saturated rings. The first kappa shape index (κ1) is 16.9. The van der Waals surface area contributed by atoms with Crippen LogP contribution in [-0.4, -0.2) is 35.2 Å². The minimum absolute atomic E-state index is 0.288. The number of nitrogens with one attached hydrogen (secondary N) is 1. The van der Waals surface area contributed by atoms with Crippen molar-refractivity contribution in [3.63, 3.8) is 0 Å². The lowest BCUT2D eigenvalue weighted by atomic mass is 9.95. The van der Waals surface area contributed by atoms with Crippen LogP contribution >= 0.6 is 11.3 Å². The largest absolute Gasteiger partial charge is 0.385 e. The van der Waals surface area contributed by atoms with Gasteiger partial charge in [-0.1, -0.05) is 19.3 Å². The smallest absolute Gasteiger partial charge is 0.215 e. The molecule has 0 spiro atoms. The standard InChI is InChI=1S/C18H24N4OS/c1-3-19-15-9-10-20-18-16(15)17(13(2)24-18)21-11-22(12-23)14-7-5-4-6-8-14/h9-12,14H,3-8H2,1-2H3,(H,19,20). The van der Waals surface area contributed by atoms with Gasteiger partial charge in [0.1, 0.15) is 4.83 Å². The van der Waals surface area contributed by atoms with Crippen molar-refractivity contribution in [2.24, 2.45) is 4.99 Å². The molecule has 6 heteroatoms. The van der Waals surface area contributed by atoms with Crippen molar-refractivity contribution in [2.75, 3.05) is 11.9 Å². The van der Waals surface area contributed by atoms with Gasteiger partial charge in [0.2, 0.25) is 6.41 Å². The number of carbonyl (C=O) groups excluding carboxylic acids is 1. The highest BCUT2D eigenvalue weighted by atomic mass is 32.1. The molecule has 128 valence electrons. The summed E-state index contributed by atoms with van der Waals surface area (Å²) >= 11 is 1.64. The molecule has 2 heterocycles. The summed E-state index contributed by atoms with van der Waals surface area (Å²) < 4.78 is 0. The summed E-state index contributed by atoms with van der Waals surface area (Å²) in [7, 11) is 0. The quantitative estimate of drug-likeness (QED) is 0.477. The van der Waals surface area contributed by atoms with Crippen LogP contribution < -0.4 is 5.32 Å². The number of fused-ring (bicyclic) bond motifs is 1. The number of nitrogens with zero attached hydrogens (tertiary/aromatic N) is 3. The van der Waals surface area contributed by atoms with Gasteiger partial charge >= 0.3 is 0 Å². The topological polar surface area (TPSA) is 57.6 Å². The van der Waals surface area contributed by atoms with Gasteiger partial charge in [0.05, 0.1) is 17.4 Å². The second-order valence-corrected chi connectivity index (χ2v) is 7.37. The van der Waals surface area contributed by atoms with E-state index in [9.17, 15) is 4.79 Å². The van der Waals surface area contributed by atoms with Crippen LogP contribution in [0.15, 0.2) is 17.3 Å². The lowest BCUT2D eigenvalue weighted by Gasteiger charge is -2.27. The van der Waals surface area contributed by atoms with E-state index in [1.54, 1.807) is 22.6 Å². The number of rotatable bonds is 6. The molecule has 0 saturated heterocycles. The van der Waals surface area contributed by atoms with E-state index in [1.165, 1.54) is 19.3 Å². The fourth-order valence-corrected chi connectivity index (χ4v) is 4.29. The molecule has 5 nitrogen and oxygen atoms in total. The molecular formula is C18H24N4OS. The number of hydrogen-bond acceptors (Lipinski definition) is 5. The van der Waals surface area contributed by atoms with Crippen molar-refractivity contribution in [1.82, 2.24) is 9.88 Å². The zero-order chi connectivity index (χ0) is 16.9. The van der Waals surface area contributed by atoms with Crippen molar-refractivity contribution in [3.8, 4) is 0 Å². The van der Waals surface area contributed by atoms with Gasteiger partial charge in [-0.2, -0.15) is 0 Å². The minimum atomic E-state index is 0.288. The number of aromatic nitrogens is 1. The van der Waals surface area contributed by atoms with Crippen molar-refractivity contribution in [2.45, 2.75) is 52.0 Å². The van der Waals surface area contributed by atoms with Gasteiger partial charge in [0, 0.05) is 29.3 Å². The lowest BCUT2D eigenvalue weighted by Crippen LogP contribution is -2.34. The predicted molar refractivity (Wildman–Crippen MR) is 101 cm³/mol. The molecular weight excluding hydrogens is 320 g/mol. The van der Waals surface area contributed by atoms with E-state index >= 15 is 0 Å². The second-order valence-electron chi connectivity index (χ2n) is 6.16. The molecule has 1 saturated carbocycles. The molecule has 2 aromatic heterocycles. The fourth-order valence-electron chi connectivity index (χ4n) is 3.32. The average molecular weight is 344 g/mol. The summed E-state index contributed by atoms with van der Waals surface area (Å²) in [4.78, 5) is 24.5. The van der Waals surface area contributed by atoms with Crippen LogP contribution in [-0.2, 0) is 4.79 Å². The molecule has 1 aliphatic carbocycles. The molecule has 1 amide bonds. The second kappa shape index (κ2) is 7.75. The van der Waals surface area contributed by atoms with E-state index in [1.807, 2.05) is 12.3 Å². The highest BCUT2D eigenvalue weighted by Crippen LogP contribution is 2.40. The van der Waals surface area contributed by atoms with E-state index < -0.39 is 0 Å². The molecule has 1 aliphatic rings. The van der Waals surface area contributed by atoms with Crippen molar-refractivity contribution < 1.29 is 4.79 Å². The van der Waals surface area contributed by atoms with Gasteiger partial charge in [0.25, 0.3) is 0 Å². The average Bonchev–Trinajstić information content (AvgIpc) is 2.93. The molecule has 0 radical (unpaired) electrons. The summed E-state index contributed by atoms with van der Waals surface area (Å²) in [6.07, 6.45) is 10.2. The van der Waals surface area contributed by atoms with Gasteiger partial charge in [-0.05, 0) is 32.8 Å². The number of aryl methyl sites for hydroxylation is 1. The molecule has 0 aliphatic heterocycles. The van der Waals surface area contributed by atoms with Crippen LogP contribution in [0.2, 0.25) is 0 Å². The Morgan fingerprint density at radius 1 is 1.42 bits per heavy atom. The first-order valence-corrected chi connectivity index (χ1v) is 9.45. The number of thiophene rings is 1. The summed E-state index contributed by atoms with van der Waals surface area (Å²) in [5.74, 6) is 0. The summed E-state index contributed by atoms with van der Waals surface area (Å²) in [6.45, 7) is 4.98. The Bertz CT molecular complexity index is 734. The third-order valence-corrected chi connectivity index (χ3v) is 5.54. The summed E-state index contributed by atoms with van der Waals surface area (Å²) in [6, 6.07) is 2.27. The first-order valence-electron chi connectivity index (χ1n) is 8.63. The maximum Gasteiger partial charge on any atom is 0.215 e. The molecule has 0 unspecified atom stereocenters. The van der Waals surface area contributed by atoms with Gasteiger partial charge in [0.15, 0.2) is 0 Å². The molecule has 0 atom stereocenters. The van der Waals surface area contributed by atoms with Crippen LogP contribution in [0, 0.1) is 6.92 Å². The molecule has 0 aromatic carbocycles. The zero-order valence-corrected chi connectivity index (χ0v) is 15.1. The Morgan fingerprint density at radius 3 is 2.92 bits per heavy atom. The number of anilines is 1. The van der Waals surface area contributed by atoms with Crippen LogP contribution in [0.5, 0.6) is 0 Å². The molecule has 3 rings (SSSR count). The van der Waals surface area contributed by atoms with Gasteiger partial charge < -0.3 is 10.2 Å². The maximum atomic E-state index is 11.5. The SMILES string of the molecule is CCNc1ccnc2sc(C)c(N=CN(C=O)C3CCCCC3)c12. The number of pyridine rings is 1. The number of amides is 1. The highest BCUT2D eigenvalue weighted by molar-refractivity contribution is 7.19. The monoisotopic (exact) mass is 344 g/mol. The Kier molecular flexibility index (Phi) is 5.45. The van der Waals surface area contributed by atoms with E-state index in [-0.39, 0.29) is 6.04 Å². The summed E-state index contributed by atoms with van der Waals surface area (Å²) in [5, 5.41) is 4.43. The van der Waals surface area contributed by atoms with Gasteiger partial charge in [-0.3, -0.25) is 4.79 Å². The van der Waals surface area contributed by atoms with E-state index in [0.717, 1.165) is 52.3 Å². The normalized spacial score (nSPS) is 15.9. The third kappa shape index (κ3) is 3.43. The van der Waals surface area contributed by atoms with Gasteiger partial charge in [-0.15, -0.1) is 11.3 Å². The number of aliphatic imine (C=N–C) groups is 1. The van der Waals surface area contributed by atoms with Crippen LogP contribution in [0.25, 0.3) is 10.2 Å². The van der Waals surface area contributed by atoms with Crippen LogP contribution in [0.3, 0.4) is 0 Å². The minimum Gasteiger partial charge on any atom is -0.385 e. The Labute approximate surface area is 146 Å². The maximum absolute atomic E-state index is 11.5. The first-order chi connectivity index (χ1) is 11.7. The van der Waals surface area contributed by atoms with Crippen LogP contribution in [0.1, 0.15) is 43.9 Å². The number of hydrogen-bond donors (Lipinski definition) is 1. The number of carbonyl (C=O) groups is 1. The molecule has 2 aromatic rings. The Hall–Kier alpha value is -1.95. The van der Waals surface area contributed by atoms with E-state index in [2.05, 4.69) is 29.1 Å².